The summed E-state index contributed by atoms with van der Waals surface area (Å²) in [5, 5.41) is 15.2. The lowest BCUT2D eigenvalue weighted by molar-refractivity contribution is -0.138. The maximum Gasteiger partial charge on any atom is 0.323 e. The number of hydrogen-bond acceptors (Lipinski definition) is 5. The predicted molar refractivity (Wildman–Crippen MR) is 145 cm³/mol. The minimum absolute atomic E-state index is 0.0273. The lowest BCUT2D eigenvalue weighted by Crippen LogP contribution is -2.55. The van der Waals surface area contributed by atoms with Crippen LogP contribution >= 0.6 is 11.6 Å². The van der Waals surface area contributed by atoms with Crippen LogP contribution in [0.5, 0.6) is 5.75 Å². The van der Waals surface area contributed by atoms with E-state index in [9.17, 15) is 28.7 Å². The number of nitrogens with one attached hydrogen (secondary N) is 2. The zero-order valence-corrected chi connectivity index (χ0v) is 22.1. The van der Waals surface area contributed by atoms with Gasteiger partial charge in [0.15, 0.2) is 6.17 Å². The Kier molecular flexibility index (Phi) is 8.85. The molecule has 0 saturated carbocycles. The molecule has 208 valence electrons. The maximum absolute atomic E-state index is 13.7. The first kappa shape index (κ1) is 28.4. The molecule has 0 radical (unpaired) electrons. The monoisotopic (exact) mass is 568 g/mol. The van der Waals surface area contributed by atoms with E-state index in [0.717, 1.165) is 12.1 Å². The van der Waals surface area contributed by atoms with Crippen LogP contribution in [-0.4, -0.2) is 65.1 Å². The number of nitrogens with zero attached hydrogens (tertiary/aromatic N) is 2. The van der Waals surface area contributed by atoms with Gasteiger partial charge in [0, 0.05) is 29.4 Å². The highest BCUT2D eigenvalue weighted by Crippen LogP contribution is 2.24. The minimum atomic E-state index is -1.40. The van der Waals surface area contributed by atoms with Gasteiger partial charge in [-0.25, -0.2) is 9.18 Å². The average Bonchev–Trinajstić information content (AvgIpc) is 3.39. The number of carbonyl (C=O) groups excluding carboxylic acids is 3. The number of anilines is 1. The molecule has 2 unspecified atom stereocenters. The second kappa shape index (κ2) is 12.5. The van der Waals surface area contributed by atoms with Crippen LogP contribution in [0.15, 0.2) is 72.8 Å². The van der Waals surface area contributed by atoms with E-state index in [1.165, 1.54) is 53.3 Å². The topological polar surface area (TPSA) is 128 Å². The van der Waals surface area contributed by atoms with E-state index in [4.69, 9.17) is 16.3 Å². The summed E-state index contributed by atoms with van der Waals surface area (Å²) in [5.74, 6) is -2.44. The van der Waals surface area contributed by atoms with E-state index in [-0.39, 0.29) is 18.7 Å². The normalized spacial score (nSPS) is 15.3. The van der Waals surface area contributed by atoms with Gasteiger partial charge in [-0.15, -0.1) is 0 Å². The van der Waals surface area contributed by atoms with Crippen LogP contribution in [0.1, 0.15) is 28.4 Å². The summed E-state index contributed by atoms with van der Waals surface area (Å²) in [5.41, 5.74) is 1.03. The Morgan fingerprint density at radius 3 is 2.20 bits per heavy atom. The SMILES string of the molecule is COc1ccc(NC(=O)N2CCN(C(=O)c3ccc(Cl)cc3)C2C(=O)NC(CC(=O)O)c2ccc(F)cc2)cc1. The molecule has 10 nitrogen and oxygen atoms in total. The number of urea groups is 1. The molecule has 3 aromatic rings. The predicted octanol–water partition coefficient (Wildman–Crippen LogP) is 4.14. The summed E-state index contributed by atoms with van der Waals surface area (Å²) in [6.07, 6.45) is -1.91. The first-order valence-electron chi connectivity index (χ1n) is 12.2. The number of rotatable bonds is 8. The van der Waals surface area contributed by atoms with Crippen molar-refractivity contribution in [3.63, 3.8) is 0 Å². The van der Waals surface area contributed by atoms with Gasteiger partial charge in [-0.3, -0.25) is 19.3 Å². The molecule has 1 heterocycles. The number of amides is 4. The van der Waals surface area contributed by atoms with Gasteiger partial charge in [-0.2, -0.15) is 0 Å². The number of carbonyl (C=O) groups is 4. The number of halogens is 2. The van der Waals surface area contributed by atoms with Crippen molar-refractivity contribution in [2.75, 3.05) is 25.5 Å². The molecular formula is C28H26ClFN4O6. The fraction of sp³-hybridized carbons (Fsp3) is 0.214. The molecule has 1 fully saturated rings. The van der Waals surface area contributed by atoms with Gasteiger partial charge < -0.3 is 25.4 Å². The summed E-state index contributed by atoms with van der Waals surface area (Å²) in [7, 11) is 1.51. The summed E-state index contributed by atoms with van der Waals surface area (Å²) in [4.78, 5) is 54.4. The Morgan fingerprint density at radius 2 is 1.60 bits per heavy atom. The zero-order valence-electron chi connectivity index (χ0n) is 21.3. The van der Waals surface area contributed by atoms with Gasteiger partial charge in [0.2, 0.25) is 0 Å². The molecule has 0 bridgehead atoms. The largest absolute Gasteiger partial charge is 0.497 e. The molecule has 12 heteroatoms. The summed E-state index contributed by atoms with van der Waals surface area (Å²) in [6, 6.07) is 16.0. The molecule has 0 spiro atoms. The van der Waals surface area contributed by atoms with Crippen LogP contribution < -0.4 is 15.4 Å². The third kappa shape index (κ3) is 6.67. The number of methoxy groups -OCH3 is 1. The molecule has 1 saturated heterocycles. The van der Waals surface area contributed by atoms with Gasteiger partial charge >= 0.3 is 12.0 Å². The fourth-order valence-electron chi connectivity index (χ4n) is 4.33. The number of hydrogen-bond donors (Lipinski definition) is 3. The van der Waals surface area contributed by atoms with Crippen molar-refractivity contribution >= 4 is 41.1 Å². The van der Waals surface area contributed by atoms with Crippen LogP contribution in [0, 0.1) is 5.82 Å². The number of carboxylic acids is 1. The van der Waals surface area contributed by atoms with Gasteiger partial charge in [-0.1, -0.05) is 23.7 Å². The van der Waals surface area contributed by atoms with E-state index in [0.29, 0.717) is 22.0 Å². The number of ether oxygens (including phenoxy) is 1. The van der Waals surface area contributed by atoms with Crippen molar-refractivity contribution < 1.29 is 33.4 Å². The third-order valence-corrected chi connectivity index (χ3v) is 6.58. The summed E-state index contributed by atoms with van der Waals surface area (Å²) < 4.78 is 18.6. The standard InChI is InChI=1S/C28H26ClFN4O6/c1-40-22-12-10-21(11-13-22)31-28(39)34-15-14-33(27(38)18-2-6-19(29)7-3-18)26(34)25(37)32-23(16-24(35)36)17-4-8-20(30)9-5-17/h2-13,23,26H,14-16H2,1H3,(H,31,39)(H,32,37)(H,35,36). The Balaban J connectivity index is 1.63. The van der Waals surface area contributed by atoms with Crippen molar-refractivity contribution in [2.45, 2.75) is 18.6 Å². The van der Waals surface area contributed by atoms with Crippen molar-refractivity contribution in [1.82, 2.24) is 15.1 Å². The number of carboxylic acid groups (broad SMARTS) is 1. The Bertz CT molecular complexity index is 1390. The molecule has 3 N–H and O–H groups in total. The summed E-state index contributed by atoms with van der Waals surface area (Å²) >= 11 is 5.95. The van der Waals surface area contributed by atoms with Gasteiger partial charge in [0.1, 0.15) is 11.6 Å². The molecule has 2 atom stereocenters. The van der Waals surface area contributed by atoms with Gasteiger partial charge in [0.25, 0.3) is 11.8 Å². The minimum Gasteiger partial charge on any atom is -0.497 e. The average molecular weight is 569 g/mol. The second-order valence-corrected chi connectivity index (χ2v) is 9.38. The molecule has 0 aliphatic carbocycles. The number of benzene rings is 3. The first-order chi connectivity index (χ1) is 19.2. The smallest absolute Gasteiger partial charge is 0.323 e. The van der Waals surface area contributed by atoms with E-state index in [1.54, 1.807) is 24.3 Å². The van der Waals surface area contributed by atoms with Crippen molar-refractivity contribution in [3.05, 3.63) is 94.8 Å². The highest BCUT2D eigenvalue weighted by molar-refractivity contribution is 6.30. The van der Waals surface area contributed by atoms with E-state index in [2.05, 4.69) is 10.6 Å². The Morgan fingerprint density at radius 1 is 0.975 bits per heavy atom. The quantitative estimate of drug-likeness (QED) is 0.375. The van der Waals surface area contributed by atoms with Crippen LogP contribution in [-0.2, 0) is 9.59 Å². The zero-order chi connectivity index (χ0) is 28.8. The Labute approximate surface area is 234 Å². The van der Waals surface area contributed by atoms with Gasteiger partial charge in [0.05, 0.1) is 19.6 Å². The maximum atomic E-state index is 13.7. The molecule has 40 heavy (non-hydrogen) atoms. The van der Waals surface area contributed by atoms with Crippen molar-refractivity contribution in [3.8, 4) is 5.75 Å². The van der Waals surface area contributed by atoms with Crippen LogP contribution in [0.25, 0.3) is 0 Å². The third-order valence-electron chi connectivity index (χ3n) is 6.33. The van der Waals surface area contributed by atoms with Crippen LogP contribution in [0.4, 0.5) is 14.9 Å². The molecule has 4 amide bonds. The lowest BCUT2D eigenvalue weighted by Gasteiger charge is -2.31. The highest BCUT2D eigenvalue weighted by Gasteiger charge is 2.43. The fourth-order valence-corrected chi connectivity index (χ4v) is 4.46. The van der Waals surface area contributed by atoms with Crippen molar-refractivity contribution in [2.24, 2.45) is 0 Å². The second-order valence-electron chi connectivity index (χ2n) is 8.94. The molecule has 1 aliphatic heterocycles. The highest BCUT2D eigenvalue weighted by atomic mass is 35.5. The van der Waals surface area contributed by atoms with Crippen LogP contribution in [0.3, 0.4) is 0 Å². The molecule has 3 aromatic carbocycles. The molecular weight excluding hydrogens is 543 g/mol. The first-order valence-corrected chi connectivity index (χ1v) is 12.6. The lowest BCUT2D eigenvalue weighted by atomic mass is 10.0. The van der Waals surface area contributed by atoms with Gasteiger partial charge in [-0.05, 0) is 66.2 Å². The summed E-state index contributed by atoms with van der Waals surface area (Å²) in [6.45, 7) is 0.0648. The number of aliphatic carboxylic acids is 1. The molecule has 1 aliphatic rings. The molecule has 0 aromatic heterocycles. The van der Waals surface area contributed by atoms with E-state index >= 15 is 0 Å². The molecule has 4 rings (SSSR count). The van der Waals surface area contributed by atoms with Crippen molar-refractivity contribution in [1.29, 1.82) is 0 Å². The Hall–Kier alpha value is -4.64. The van der Waals surface area contributed by atoms with Crippen LogP contribution in [0.2, 0.25) is 5.02 Å². The van der Waals surface area contributed by atoms with E-state index < -0.39 is 48.3 Å². The van der Waals surface area contributed by atoms with E-state index in [1.807, 2.05) is 0 Å².